The van der Waals surface area contributed by atoms with E-state index in [0.717, 1.165) is 39.1 Å². The van der Waals surface area contributed by atoms with Gasteiger partial charge in [0, 0.05) is 25.7 Å². The fraction of sp³-hybridized carbons (Fsp3) is 0.929. The maximum atomic E-state index is 12.1. The van der Waals surface area contributed by atoms with E-state index in [0.29, 0.717) is 0 Å². The molecule has 5 heteroatoms. The highest BCUT2D eigenvalue weighted by molar-refractivity contribution is 5.68. The molecule has 1 rings (SSSR count). The number of hydrogen-bond donors (Lipinski definition) is 1. The lowest BCUT2D eigenvalue weighted by Gasteiger charge is -2.40. The fourth-order valence-corrected chi connectivity index (χ4v) is 2.31. The second-order valence-electron chi connectivity index (χ2n) is 6.28. The van der Waals surface area contributed by atoms with Crippen LogP contribution in [0.25, 0.3) is 0 Å². The standard InChI is InChI=1S/C14H29N3O2/c1-12-11-16(8-6-7-15-5)9-10-17(12)13(18)19-14(2,3)4/h12,15H,6-11H2,1-5H3/t12-/m1/s1. The molecule has 1 fully saturated rings. The van der Waals surface area contributed by atoms with E-state index >= 15 is 0 Å². The Labute approximate surface area is 117 Å². The summed E-state index contributed by atoms with van der Waals surface area (Å²) in [6.07, 6.45) is 0.963. The quantitative estimate of drug-likeness (QED) is 0.788. The van der Waals surface area contributed by atoms with Gasteiger partial charge in [0.05, 0.1) is 0 Å². The number of hydrogen-bond acceptors (Lipinski definition) is 4. The highest BCUT2D eigenvalue weighted by atomic mass is 16.6. The van der Waals surface area contributed by atoms with Crippen LogP contribution in [-0.2, 0) is 4.74 Å². The Morgan fingerprint density at radius 3 is 2.58 bits per heavy atom. The van der Waals surface area contributed by atoms with Gasteiger partial charge in [0.1, 0.15) is 5.60 Å². The number of amides is 1. The summed E-state index contributed by atoms with van der Waals surface area (Å²) in [6.45, 7) is 12.6. The predicted molar refractivity (Wildman–Crippen MR) is 77.4 cm³/mol. The molecule has 1 N–H and O–H groups in total. The number of nitrogens with zero attached hydrogens (tertiary/aromatic N) is 2. The summed E-state index contributed by atoms with van der Waals surface area (Å²) in [6, 6.07) is 0.221. The van der Waals surface area contributed by atoms with E-state index in [4.69, 9.17) is 4.74 Å². The third-order valence-electron chi connectivity index (χ3n) is 3.24. The van der Waals surface area contributed by atoms with E-state index in [9.17, 15) is 4.79 Å². The zero-order chi connectivity index (χ0) is 14.5. The topological polar surface area (TPSA) is 44.8 Å². The second-order valence-corrected chi connectivity index (χ2v) is 6.28. The first kappa shape index (κ1) is 16.2. The Morgan fingerprint density at radius 1 is 1.37 bits per heavy atom. The van der Waals surface area contributed by atoms with Crippen molar-refractivity contribution in [3.05, 3.63) is 0 Å². The van der Waals surface area contributed by atoms with Crippen LogP contribution in [0.1, 0.15) is 34.1 Å². The molecule has 5 nitrogen and oxygen atoms in total. The van der Waals surface area contributed by atoms with Crippen LogP contribution < -0.4 is 5.32 Å². The van der Waals surface area contributed by atoms with E-state index in [1.54, 1.807) is 0 Å². The van der Waals surface area contributed by atoms with E-state index in [1.165, 1.54) is 0 Å². The van der Waals surface area contributed by atoms with Crippen molar-refractivity contribution in [2.24, 2.45) is 0 Å². The zero-order valence-electron chi connectivity index (χ0n) is 13.0. The molecule has 1 aliphatic heterocycles. The molecule has 1 heterocycles. The summed E-state index contributed by atoms with van der Waals surface area (Å²) in [5.74, 6) is 0. The third-order valence-corrected chi connectivity index (χ3v) is 3.24. The molecule has 0 spiro atoms. The first-order chi connectivity index (χ1) is 8.83. The van der Waals surface area contributed by atoms with Gasteiger partial charge in [-0.25, -0.2) is 4.79 Å². The summed E-state index contributed by atoms with van der Waals surface area (Å²) in [5, 5.41) is 3.16. The molecule has 0 saturated carbocycles. The van der Waals surface area contributed by atoms with E-state index < -0.39 is 5.60 Å². The van der Waals surface area contributed by atoms with Gasteiger partial charge in [-0.15, -0.1) is 0 Å². The molecular formula is C14H29N3O2. The lowest BCUT2D eigenvalue weighted by atomic mass is 10.2. The van der Waals surface area contributed by atoms with Gasteiger partial charge in [-0.1, -0.05) is 0 Å². The Bertz CT molecular complexity index is 289. The maximum Gasteiger partial charge on any atom is 0.410 e. The number of carbonyl (C=O) groups is 1. The third kappa shape index (κ3) is 5.78. The highest BCUT2D eigenvalue weighted by Crippen LogP contribution is 2.15. The largest absolute Gasteiger partial charge is 0.444 e. The summed E-state index contributed by atoms with van der Waals surface area (Å²) >= 11 is 0. The first-order valence-electron chi connectivity index (χ1n) is 7.20. The van der Waals surface area contributed by atoms with Gasteiger partial charge in [-0.3, -0.25) is 4.90 Å². The van der Waals surface area contributed by atoms with E-state index in [1.807, 2.05) is 32.7 Å². The molecule has 0 aromatic carbocycles. The second kappa shape index (κ2) is 7.10. The maximum absolute atomic E-state index is 12.1. The van der Waals surface area contributed by atoms with Gasteiger partial charge < -0.3 is 15.0 Å². The summed E-state index contributed by atoms with van der Waals surface area (Å²) in [7, 11) is 1.98. The van der Waals surface area contributed by atoms with Crippen LogP contribution in [0, 0.1) is 0 Å². The normalized spacial score (nSPS) is 21.5. The van der Waals surface area contributed by atoms with Crippen LogP contribution in [0.15, 0.2) is 0 Å². The molecule has 1 atom stereocenters. The molecule has 0 aromatic rings. The molecule has 0 aromatic heterocycles. The monoisotopic (exact) mass is 271 g/mol. The Kier molecular flexibility index (Phi) is 6.07. The van der Waals surface area contributed by atoms with Gasteiger partial charge in [-0.05, 0) is 54.3 Å². The number of nitrogens with one attached hydrogen (secondary N) is 1. The van der Waals surface area contributed by atoms with Crippen LogP contribution in [0.4, 0.5) is 4.79 Å². The predicted octanol–water partition coefficient (Wildman–Crippen LogP) is 1.54. The molecule has 1 saturated heterocycles. The van der Waals surface area contributed by atoms with Crippen molar-refractivity contribution < 1.29 is 9.53 Å². The minimum atomic E-state index is -0.416. The minimum Gasteiger partial charge on any atom is -0.444 e. The van der Waals surface area contributed by atoms with Crippen molar-refractivity contribution >= 4 is 6.09 Å². The molecule has 0 radical (unpaired) electrons. The number of ether oxygens (including phenoxy) is 1. The van der Waals surface area contributed by atoms with Gasteiger partial charge in [0.25, 0.3) is 0 Å². The SMILES string of the molecule is CNCCCN1CCN(C(=O)OC(C)(C)C)[C@H](C)C1. The van der Waals surface area contributed by atoms with Crippen molar-refractivity contribution in [3.8, 4) is 0 Å². The number of piperazine rings is 1. The zero-order valence-corrected chi connectivity index (χ0v) is 13.0. The Morgan fingerprint density at radius 2 is 2.05 bits per heavy atom. The molecule has 0 unspecified atom stereocenters. The van der Waals surface area contributed by atoms with Crippen LogP contribution in [0.2, 0.25) is 0 Å². The molecule has 1 amide bonds. The van der Waals surface area contributed by atoms with Gasteiger partial charge >= 0.3 is 6.09 Å². The molecule has 0 aliphatic carbocycles. The molecule has 0 bridgehead atoms. The van der Waals surface area contributed by atoms with E-state index in [-0.39, 0.29) is 12.1 Å². The first-order valence-corrected chi connectivity index (χ1v) is 7.20. The lowest BCUT2D eigenvalue weighted by Crippen LogP contribution is -2.55. The minimum absolute atomic E-state index is 0.185. The molecule has 1 aliphatic rings. The van der Waals surface area contributed by atoms with Crippen LogP contribution >= 0.6 is 0 Å². The van der Waals surface area contributed by atoms with E-state index in [2.05, 4.69) is 17.1 Å². The summed E-state index contributed by atoms with van der Waals surface area (Å²) in [5.41, 5.74) is -0.416. The van der Waals surface area contributed by atoms with Crippen LogP contribution in [0.3, 0.4) is 0 Å². The average Bonchev–Trinajstić information content (AvgIpc) is 2.27. The number of rotatable bonds is 4. The molecule has 112 valence electrons. The van der Waals surface area contributed by atoms with Crippen molar-refractivity contribution in [1.29, 1.82) is 0 Å². The smallest absolute Gasteiger partial charge is 0.410 e. The van der Waals surface area contributed by atoms with Crippen LogP contribution in [-0.4, -0.2) is 67.3 Å². The summed E-state index contributed by atoms with van der Waals surface area (Å²) in [4.78, 5) is 16.3. The van der Waals surface area contributed by atoms with Gasteiger partial charge in [0.15, 0.2) is 0 Å². The molecule has 19 heavy (non-hydrogen) atoms. The average molecular weight is 271 g/mol. The van der Waals surface area contributed by atoms with Gasteiger partial charge in [0.2, 0.25) is 0 Å². The van der Waals surface area contributed by atoms with Crippen molar-refractivity contribution in [2.45, 2.75) is 45.8 Å². The fourth-order valence-electron chi connectivity index (χ4n) is 2.31. The highest BCUT2D eigenvalue weighted by Gasteiger charge is 2.30. The summed E-state index contributed by atoms with van der Waals surface area (Å²) < 4.78 is 5.44. The Hall–Kier alpha value is -0.810. The van der Waals surface area contributed by atoms with Gasteiger partial charge in [-0.2, -0.15) is 0 Å². The molecular weight excluding hydrogens is 242 g/mol. The van der Waals surface area contributed by atoms with Crippen LogP contribution in [0.5, 0.6) is 0 Å². The number of carbonyl (C=O) groups excluding carboxylic acids is 1. The lowest BCUT2D eigenvalue weighted by molar-refractivity contribution is 0.00143. The Balaban J connectivity index is 2.39. The van der Waals surface area contributed by atoms with Crippen molar-refractivity contribution in [1.82, 2.24) is 15.1 Å². The van der Waals surface area contributed by atoms with Crippen molar-refractivity contribution in [3.63, 3.8) is 0 Å². The van der Waals surface area contributed by atoms with Crippen molar-refractivity contribution in [2.75, 3.05) is 39.8 Å².